The molecule has 1 aromatic heterocycles. The maximum absolute atomic E-state index is 10.3. The molecule has 134 valence electrons. The van der Waals surface area contributed by atoms with Crippen LogP contribution in [0.25, 0.3) is 6.08 Å². The number of ether oxygens (including phenoxy) is 1. The maximum Gasteiger partial charge on any atom is 0.122 e. The molecule has 0 saturated carbocycles. The molecule has 0 aliphatic heterocycles. The van der Waals surface area contributed by atoms with Crippen LogP contribution in [-0.4, -0.2) is 16.7 Å². The monoisotopic (exact) mass is 365 g/mol. The van der Waals surface area contributed by atoms with E-state index in [1.165, 1.54) is 11.3 Å². The standard InChI is InChI=1S/C22H23NO2S/c24-21(16-18-10-4-1-5-11-18)22-23-19(17-26-22)12-6-3-9-15-25-20-13-7-2-8-14-20/h1-2,4-8,10-14,17,21,24H,3,9,15-16H2/b12-6+. The topological polar surface area (TPSA) is 42.4 Å². The second-order valence-electron chi connectivity index (χ2n) is 6.02. The van der Waals surface area contributed by atoms with Crippen LogP contribution < -0.4 is 4.74 Å². The fraction of sp³-hybridized carbons (Fsp3) is 0.227. The third-order valence-corrected chi connectivity index (χ3v) is 4.88. The van der Waals surface area contributed by atoms with Gasteiger partial charge in [0, 0.05) is 11.8 Å². The summed E-state index contributed by atoms with van der Waals surface area (Å²) in [5.41, 5.74) is 2.02. The summed E-state index contributed by atoms with van der Waals surface area (Å²) in [7, 11) is 0. The highest BCUT2D eigenvalue weighted by atomic mass is 32.1. The van der Waals surface area contributed by atoms with Gasteiger partial charge in [-0.3, -0.25) is 0 Å². The van der Waals surface area contributed by atoms with Gasteiger partial charge in [0.1, 0.15) is 16.9 Å². The van der Waals surface area contributed by atoms with Crippen molar-refractivity contribution >= 4 is 17.4 Å². The van der Waals surface area contributed by atoms with Gasteiger partial charge in [0.05, 0.1) is 12.3 Å². The van der Waals surface area contributed by atoms with Gasteiger partial charge in [-0.25, -0.2) is 4.98 Å². The Hall–Kier alpha value is -2.43. The molecule has 0 radical (unpaired) electrons. The summed E-state index contributed by atoms with van der Waals surface area (Å²) in [5, 5.41) is 13.1. The minimum Gasteiger partial charge on any atom is -0.494 e. The quantitative estimate of drug-likeness (QED) is 0.524. The molecule has 0 fully saturated rings. The molecule has 4 heteroatoms. The summed E-state index contributed by atoms with van der Waals surface area (Å²) >= 11 is 1.51. The highest BCUT2D eigenvalue weighted by molar-refractivity contribution is 7.09. The lowest BCUT2D eigenvalue weighted by atomic mass is 10.1. The van der Waals surface area contributed by atoms with E-state index in [-0.39, 0.29) is 0 Å². The van der Waals surface area contributed by atoms with Gasteiger partial charge < -0.3 is 9.84 Å². The lowest BCUT2D eigenvalue weighted by Gasteiger charge is -2.06. The van der Waals surface area contributed by atoms with Crippen LogP contribution in [0.1, 0.15) is 35.2 Å². The molecule has 3 aromatic rings. The van der Waals surface area contributed by atoms with Crippen LogP contribution in [0.3, 0.4) is 0 Å². The molecule has 3 nitrogen and oxygen atoms in total. The lowest BCUT2D eigenvalue weighted by molar-refractivity contribution is 0.178. The van der Waals surface area contributed by atoms with Crippen LogP contribution in [0, 0.1) is 0 Å². The number of allylic oxidation sites excluding steroid dienone is 1. The van der Waals surface area contributed by atoms with E-state index in [2.05, 4.69) is 11.1 Å². The number of thiazole rings is 1. The zero-order valence-corrected chi connectivity index (χ0v) is 15.4. The molecule has 0 aliphatic rings. The Bertz CT molecular complexity index is 799. The number of hydrogen-bond donors (Lipinski definition) is 1. The molecular weight excluding hydrogens is 342 g/mol. The van der Waals surface area contributed by atoms with Crippen molar-refractivity contribution in [2.24, 2.45) is 0 Å². The number of rotatable bonds is 9. The lowest BCUT2D eigenvalue weighted by Crippen LogP contribution is -2.01. The van der Waals surface area contributed by atoms with Crippen molar-refractivity contribution in [3.8, 4) is 5.75 Å². The van der Waals surface area contributed by atoms with Gasteiger partial charge in [-0.15, -0.1) is 11.3 Å². The van der Waals surface area contributed by atoms with E-state index in [1.807, 2.05) is 72.1 Å². The number of aliphatic hydroxyl groups is 1. The van der Waals surface area contributed by atoms with Gasteiger partial charge in [0.2, 0.25) is 0 Å². The third kappa shape index (κ3) is 5.83. The van der Waals surface area contributed by atoms with Crippen LogP contribution in [-0.2, 0) is 6.42 Å². The molecule has 26 heavy (non-hydrogen) atoms. The SMILES string of the molecule is OC(Cc1ccccc1)c1nc(/C=C/CCCOc2ccccc2)cs1. The fourth-order valence-electron chi connectivity index (χ4n) is 2.57. The molecule has 0 bridgehead atoms. The van der Waals surface area contributed by atoms with Crippen molar-refractivity contribution in [1.82, 2.24) is 4.98 Å². The van der Waals surface area contributed by atoms with Crippen molar-refractivity contribution in [3.05, 3.63) is 88.4 Å². The van der Waals surface area contributed by atoms with Gasteiger partial charge in [0.25, 0.3) is 0 Å². The fourth-order valence-corrected chi connectivity index (χ4v) is 3.34. The summed E-state index contributed by atoms with van der Waals surface area (Å²) < 4.78 is 5.67. The number of hydrogen-bond acceptors (Lipinski definition) is 4. The summed E-state index contributed by atoms with van der Waals surface area (Å²) in [6.45, 7) is 0.701. The van der Waals surface area contributed by atoms with Crippen molar-refractivity contribution in [1.29, 1.82) is 0 Å². The average molecular weight is 365 g/mol. The highest BCUT2D eigenvalue weighted by Crippen LogP contribution is 2.22. The number of aromatic nitrogens is 1. The molecule has 1 heterocycles. The zero-order chi connectivity index (χ0) is 18.0. The smallest absolute Gasteiger partial charge is 0.122 e. The Morgan fingerprint density at radius 3 is 2.54 bits per heavy atom. The Balaban J connectivity index is 1.40. The molecule has 0 spiro atoms. The van der Waals surface area contributed by atoms with E-state index < -0.39 is 6.10 Å². The van der Waals surface area contributed by atoms with Crippen molar-refractivity contribution in [2.45, 2.75) is 25.4 Å². The summed E-state index contributed by atoms with van der Waals surface area (Å²) in [5.74, 6) is 0.910. The summed E-state index contributed by atoms with van der Waals surface area (Å²) in [6.07, 6.45) is 6.05. The number of para-hydroxylation sites is 1. The first-order chi connectivity index (χ1) is 12.8. The van der Waals surface area contributed by atoms with Crippen molar-refractivity contribution < 1.29 is 9.84 Å². The molecule has 1 atom stereocenters. The van der Waals surface area contributed by atoms with Gasteiger partial charge >= 0.3 is 0 Å². The summed E-state index contributed by atoms with van der Waals surface area (Å²) in [6, 6.07) is 19.9. The number of aliphatic hydroxyl groups excluding tert-OH is 1. The number of unbranched alkanes of at least 4 members (excludes halogenated alkanes) is 1. The van der Waals surface area contributed by atoms with E-state index in [0.29, 0.717) is 13.0 Å². The van der Waals surface area contributed by atoms with Crippen LogP contribution in [0.2, 0.25) is 0 Å². The first kappa shape index (κ1) is 18.4. The van der Waals surface area contributed by atoms with Gasteiger partial charge in [-0.2, -0.15) is 0 Å². The minimum atomic E-state index is -0.552. The Morgan fingerprint density at radius 1 is 1.04 bits per heavy atom. The van der Waals surface area contributed by atoms with Crippen molar-refractivity contribution in [2.75, 3.05) is 6.61 Å². The minimum absolute atomic E-state index is 0.552. The van der Waals surface area contributed by atoms with E-state index in [4.69, 9.17) is 4.74 Å². The second-order valence-corrected chi connectivity index (χ2v) is 6.91. The first-order valence-corrected chi connectivity index (χ1v) is 9.71. The Morgan fingerprint density at radius 2 is 1.77 bits per heavy atom. The molecule has 3 rings (SSSR count). The molecule has 0 amide bonds. The van der Waals surface area contributed by atoms with Gasteiger partial charge in [0.15, 0.2) is 0 Å². The molecular formula is C22H23NO2S. The third-order valence-electron chi connectivity index (χ3n) is 3.91. The van der Waals surface area contributed by atoms with Gasteiger partial charge in [-0.1, -0.05) is 54.6 Å². The van der Waals surface area contributed by atoms with E-state index in [0.717, 1.165) is 34.9 Å². The van der Waals surface area contributed by atoms with E-state index >= 15 is 0 Å². The molecule has 1 N–H and O–H groups in total. The van der Waals surface area contributed by atoms with Crippen LogP contribution in [0.4, 0.5) is 0 Å². The number of benzene rings is 2. The zero-order valence-electron chi connectivity index (χ0n) is 14.6. The van der Waals surface area contributed by atoms with E-state index in [9.17, 15) is 5.11 Å². The number of nitrogens with zero attached hydrogens (tertiary/aromatic N) is 1. The molecule has 1 unspecified atom stereocenters. The largest absolute Gasteiger partial charge is 0.494 e. The first-order valence-electron chi connectivity index (χ1n) is 8.83. The second kappa shape index (κ2) is 9.90. The Labute approximate surface area is 158 Å². The summed E-state index contributed by atoms with van der Waals surface area (Å²) in [4.78, 5) is 4.52. The van der Waals surface area contributed by atoms with Crippen LogP contribution >= 0.6 is 11.3 Å². The predicted octanol–water partition coefficient (Wildman–Crippen LogP) is 5.29. The van der Waals surface area contributed by atoms with Crippen LogP contribution in [0.15, 0.2) is 72.1 Å². The van der Waals surface area contributed by atoms with E-state index in [1.54, 1.807) is 0 Å². The highest BCUT2D eigenvalue weighted by Gasteiger charge is 2.12. The van der Waals surface area contributed by atoms with Crippen molar-refractivity contribution in [3.63, 3.8) is 0 Å². The molecule has 0 aliphatic carbocycles. The predicted molar refractivity (Wildman–Crippen MR) is 107 cm³/mol. The van der Waals surface area contributed by atoms with Crippen LogP contribution in [0.5, 0.6) is 5.75 Å². The van der Waals surface area contributed by atoms with Gasteiger partial charge in [-0.05, 0) is 36.6 Å². The Kier molecular flexibility index (Phi) is 6.99. The normalized spacial score (nSPS) is 12.3. The molecule has 2 aromatic carbocycles. The maximum atomic E-state index is 10.3. The average Bonchev–Trinajstić information content (AvgIpc) is 3.15. The molecule has 0 saturated heterocycles.